The molecule has 0 saturated heterocycles. The Bertz CT molecular complexity index is 1280. The molecule has 0 amide bonds. The van der Waals surface area contributed by atoms with Crippen LogP contribution in [0, 0.1) is 5.92 Å². The standard InChI is InChI=1S/C21H22F3N3O4S2/c22-21(23,24)13-31-16-6-4-15(5-7-16)27-19(28)18-17(8-9-25-18)26-20(27)32-10-1-11-33(29,30)12-14-2-3-14/h4-9,14,25H,1-3,10-13H2. The second kappa shape index (κ2) is 9.41. The molecule has 0 atom stereocenters. The molecule has 2 aromatic heterocycles. The van der Waals surface area contributed by atoms with Gasteiger partial charge in [0.2, 0.25) is 0 Å². The first kappa shape index (κ1) is 23.7. The number of fused-ring (bicyclic) bond motifs is 1. The van der Waals surface area contributed by atoms with Crippen LogP contribution in [-0.2, 0) is 9.84 Å². The van der Waals surface area contributed by atoms with Gasteiger partial charge in [0.25, 0.3) is 5.56 Å². The van der Waals surface area contributed by atoms with E-state index in [1.54, 1.807) is 12.3 Å². The minimum absolute atomic E-state index is 0.0214. The molecule has 33 heavy (non-hydrogen) atoms. The van der Waals surface area contributed by atoms with Gasteiger partial charge in [-0.1, -0.05) is 11.8 Å². The molecule has 0 radical (unpaired) electrons. The molecule has 1 aromatic carbocycles. The van der Waals surface area contributed by atoms with Crippen molar-refractivity contribution in [2.45, 2.75) is 30.6 Å². The Kier molecular flexibility index (Phi) is 6.76. The van der Waals surface area contributed by atoms with E-state index < -0.39 is 22.6 Å². The largest absolute Gasteiger partial charge is 0.484 e. The molecule has 0 spiro atoms. The molecule has 4 rings (SSSR count). The van der Waals surface area contributed by atoms with Crippen LogP contribution in [0.15, 0.2) is 46.5 Å². The van der Waals surface area contributed by atoms with Crippen molar-refractivity contribution >= 4 is 32.6 Å². The van der Waals surface area contributed by atoms with E-state index in [2.05, 4.69) is 9.97 Å². The monoisotopic (exact) mass is 501 g/mol. The highest BCUT2D eigenvalue weighted by atomic mass is 32.2. The molecule has 2 heterocycles. The summed E-state index contributed by atoms with van der Waals surface area (Å²) < 4.78 is 67.5. The predicted octanol–water partition coefficient (Wildman–Crippen LogP) is 3.96. The number of aromatic amines is 1. The molecule has 7 nitrogen and oxygen atoms in total. The highest BCUT2D eigenvalue weighted by molar-refractivity contribution is 7.99. The third-order valence-corrected chi connectivity index (χ3v) is 7.98. The van der Waals surface area contributed by atoms with Crippen LogP contribution in [0.5, 0.6) is 5.75 Å². The van der Waals surface area contributed by atoms with E-state index in [9.17, 15) is 26.4 Å². The van der Waals surface area contributed by atoms with Gasteiger partial charge in [-0.3, -0.25) is 9.36 Å². The second-order valence-electron chi connectivity index (χ2n) is 7.93. The molecule has 1 aliphatic carbocycles. The lowest BCUT2D eigenvalue weighted by atomic mass is 10.3. The average molecular weight is 502 g/mol. The minimum atomic E-state index is -4.45. The maximum absolute atomic E-state index is 13.1. The molecule has 0 bridgehead atoms. The number of H-pyrrole nitrogens is 1. The molecule has 0 unspecified atom stereocenters. The minimum Gasteiger partial charge on any atom is -0.484 e. The molecule has 3 aromatic rings. The van der Waals surface area contributed by atoms with Crippen molar-refractivity contribution in [2.24, 2.45) is 5.92 Å². The lowest BCUT2D eigenvalue weighted by molar-refractivity contribution is -0.153. The average Bonchev–Trinajstić information content (AvgIpc) is 3.41. The van der Waals surface area contributed by atoms with Crippen molar-refractivity contribution in [2.75, 3.05) is 23.9 Å². The summed E-state index contributed by atoms with van der Waals surface area (Å²) in [5.74, 6) is 1.08. The number of halogens is 3. The summed E-state index contributed by atoms with van der Waals surface area (Å²) in [5.41, 5.74) is 0.819. The molecular weight excluding hydrogens is 479 g/mol. The number of nitrogens with one attached hydrogen (secondary N) is 1. The van der Waals surface area contributed by atoms with Crippen molar-refractivity contribution in [3.05, 3.63) is 46.9 Å². The summed E-state index contributed by atoms with van der Waals surface area (Å²) >= 11 is 1.26. The van der Waals surface area contributed by atoms with E-state index >= 15 is 0 Å². The number of thioether (sulfide) groups is 1. The summed E-state index contributed by atoms with van der Waals surface area (Å²) in [6.45, 7) is -1.41. The van der Waals surface area contributed by atoms with Crippen LogP contribution in [-0.4, -0.2) is 53.0 Å². The molecule has 1 saturated carbocycles. The first-order chi connectivity index (χ1) is 15.6. The number of alkyl halides is 3. The van der Waals surface area contributed by atoms with Gasteiger partial charge in [-0.25, -0.2) is 13.4 Å². The van der Waals surface area contributed by atoms with E-state index in [1.165, 1.54) is 40.6 Å². The van der Waals surface area contributed by atoms with Gasteiger partial charge in [0, 0.05) is 11.9 Å². The zero-order valence-corrected chi connectivity index (χ0v) is 19.1. The van der Waals surface area contributed by atoms with E-state index in [1.807, 2.05) is 0 Å². The number of hydrogen-bond acceptors (Lipinski definition) is 6. The Morgan fingerprint density at radius 2 is 1.91 bits per heavy atom. The van der Waals surface area contributed by atoms with Gasteiger partial charge in [0.15, 0.2) is 21.6 Å². The summed E-state index contributed by atoms with van der Waals surface area (Å²) in [6.07, 6.45) is -0.489. The SMILES string of the molecule is O=c1c2[nH]ccc2nc(SCCCS(=O)(=O)CC2CC2)n1-c1ccc(OCC(F)(F)F)cc1. The summed E-state index contributed by atoms with van der Waals surface area (Å²) in [5, 5.41) is 0.371. The first-order valence-corrected chi connectivity index (χ1v) is 13.2. The number of nitrogens with zero attached hydrogens (tertiary/aromatic N) is 2. The van der Waals surface area contributed by atoms with Crippen molar-refractivity contribution in [3.8, 4) is 11.4 Å². The molecule has 0 aliphatic heterocycles. The van der Waals surface area contributed by atoms with Crippen LogP contribution in [0.25, 0.3) is 16.7 Å². The van der Waals surface area contributed by atoms with Crippen molar-refractivity contribution in [1.82, 2.24) is 14.5 Å². The highest BCUT2D eigenvalue weighted by Gasteiger charge is 2.29. The number of rotatable bonds is 10. The van der Waals surface area contributed by atoms with Gasteiger partial charge >= 0.3 is 6.18 Å². The molecule has 1 aliphatic rings. The Hall–Kier alpha value is -2.47. The fourth-order valence-electron chi connectivity index (χ4n) is 3.33. The van der Waals surface area contributed by atoms with E-state index in [4.69, 9.17) is 4.74 Å². The Morgan fingerprint density at radius 3 is 2.58 bits per heavy atom. The summed E-state index contributed by atoms with van der Waals surface area (Å²) in [6, 6.07) is 7.33. The molecule has 12 heteroatoms. The smallest absolute Gasteiger partial charge is 0.422 e. The first-order valence-electron chi connectivity index (χ1n) is 10.3. The zero-order valence-electron chi connectivity index (χ0n) is 17.5. The van der Waals surface area contributed by atoms with Crippen LogP contribution in [0.4, 0.5) is 13.2 Å². The maximum Gasteiger partial charge on any atom is 0.422 e. The van der Waals surface area contributed by atoms with Gasteiger partial charge in [0.05, 0.1) is 22.7 Å². The normalized spacial score (nSPS) is 14.6. The fraction of sp³-hybridized carbons (Fsp3) is 0.429. The quantitative estimate of drug-likeness (QED) is 0.257. The third-order valence-electron chi connectivity index (χ3n) is 5.06. The number of benzene rings is 1. The molecular formula is C21H22F3N3O4S2. The van der Waals surface area contributed by atoms with Gasteiger partial charge < -0.3 is 9.72 Å². The van der Waals surface area contributed by atoms with Crippen LogP contribution in [0.1, 0.15) is 19.3 Å². The zero-order chi connectivity index (χ0) is 23.6. The van der Waals surface area contributed by atoms with Crippen LogP contribution >= 0.6 is 11.8 Å². The maximum atomic E-state index is 13.1. The van der Waals surface area contributed by atoms with Gasteiger partial charge in [-0.2, -0.15) is 13.2 Å². The molecule has 178 valence electrons. The number of sulfone groups is 1. The van der Waals surface area contributed by atoms with Gasteiger partial charge in [-0.15, -0.1) is 0 Å². The summed E-state index contributed by atoms with van der Waals surface area (Å²) in [4.78, 5) is 20.4. The second-order valence-corrected chi connectivity index (χ2v) is 11.2. The van der Waals surface area contributed by atoms with E-state index in [-0.39, 0.29) is 22.8 Å². The molecule has 1 N–H and O–H groups in total. The van der Waals surface area contributed by atoms with Crippen LogP contribution in [0.3, 0.4) is 0 Å². The fourth-order valence-corrected chi connectivity index (χ4v) is 6.26. The lowest BCUT2D eigenvalue weighted by Crippen LogP contribution is -2.22. The van der Waals surface area contributed by atoms with Gasteiger partial charge in [0.1, 0.15) is 11.3 Å². The summed E-state index contributed by atoms with van der Waals surface area (Å²) in [7, 11) is -3.09. The lowest BCUT2D eigenvalue weighted by Gasteiger charge is -2.13. The van der Waals surface area contributed by atoms with Crippen LogP contribution < -0.4 is 10.3 Å². The third kappa shape index (κ3) is 6.32. The molecule has 1 fully saturated rings. The number of ether oxygens (including phenoxy) is 1. The van der Waals surface area contributed by atoms with Crippen molar-refractivity contribution < 1.29 is 26.3 Å². The van der Waals surface area contributed by atoms with E-state index in [0.29, 0.717) is 40.0 Å². The predicted molar refractivity (Wildman–Crippen MR) is 120 cm³/mol. The van der Waals surface area contributed by atoms with E-state index in [0.717, 1.165) is 12.8 Å². The van der Waals surface area contributed by atoms with Gasteiger partial charge in [-0.05, 0) is 55.5 Å². The Balaban J connectivity index is 1.52. The Labute approximate surface area is 192 Å². The number of aromatic nitrogens is 3. The number of hydrogen-bond donors (Lipinski definition) is 1. The Morgan fingerprint density at radius 1 is 1.18 bits per heavy atom. The van der Waals surface area contributed by atoms with Crippen molar-refractivity contribution in [3.63, 3.8) is 0 Å². The van der Waals surface area contributed by atoms with Crippen LogP contribution in [0.2, 0.25) is 0 Å². The highest BCUT2D eigenvalue weighted by Crippen LogP contribution is 2.31. The van der Waals surface area contributed by atoms with Crippen molar-refractivity contribution in [1.29, 1.82) is 0 Å². The topological polar surface area (TPSA) is 94.0 Å².